The number of rotatable bonds is 5. The van der Waals surface area contributed by atoms with Gasteiger partial charge >= 0.3 is 0 Å². The van der Waals surface area contributed by atoms with E-state index in [1.54, 1.807) is 0 Å². The minimum Gasteiger partial charge on any atom is -0.334 e. The van der Waals surface area contributed by atoms with Gasteiger partial charge in [-0.05, 0) is 130 Å². The molecule has 1 fully saturated rings. The van der Waals surface area contributed by atoms with Crippen LogP contribution in [0.4, 0.5) is 45.5 Å². The Kier molecular flexibility index (Phi) is 8.35. The summed E-state index contributed by atoms with van der Waals surface area (Å²) in [5.41, 5.74) is 21.5. The molecule has 2 unspecified atom stereocenters. The van der Waals surface area contributed by atoms with Gasteiger partial charge in [0, 0.05) is 50.9 Å². The van der Waals surface area contributed by atoms with Gasteiger partial charge in [0.1, 0.15) is 0 Å². The highest BCUT2D eigenvalue weighted by atomic mass is 15.3. The van der Waals surface area contributed by atoms with Crippen molar-refractivity contribution in [3.8, 4) is 22.3 Å². The van der Waals surface area contributed by atoms with E-state index in [-0.39, 0.29) is 23.1 Å². The Morgan fingerprint density at radius 2 is 1.03 bits per heavy atom. The first-order valence-corrected chi connectivity index (χ1v) is 22.8. The van der Waals surface area contributed by atoms with Crippen LogP contribution in [0, 0.1) is 0 Å². The fourth-order valence-electron chi connectivity index (χ4n) is 11.9. The molecule has 0 radical (unpaired) electrons. The monoisotopic (exact) mass is 813 g/mol. The zero-order valence-electron chi connectivity index (χ0n) is 36.9. The van der Waals surface area contributed by atoms with Gasteiger partial charge in [-0.25, -0.2) is 0 Å². The molecule has 4 aliphatic rings. The molecular weight excluding hydrogens is 761 g/mol. The van der Waals surface area contributed by atoms with Crippen molar-refractivity contribution in [3.63, 3.8) is 0 Å². The van der Waals surface area contributed by atoms with Crippen molar-refractivity contribution < 1.29 is 0 Å². The van der Waals surface area contributed by atoms with Crippen LogP contribution >= 0.6 is 0 Å². The lowest BCUT2D eigenvalue weighted by Crippen LogP contribution is -2.61. The van der Waals surface area contributed by atoms with E-state index < -0.39 is 0 Å². The lowest BCUT2D eigenvalue weighted by molar-refractivity contribution is 0.330. The van der Waals surface area contributed by atoms with E-state index in [9.17, 15) is 0 Å². The molecular formula is C59H52BN3. The first kappa shape index (κ1) is 37.9. The Labute approximate surface area is 373 Å². The Morgan fingerprint density at radius 3 is 1.73 bits per heavy atom. The lowest BCUT2D eigenvalue weighted by atomic mass is 9.33. The van der Waals surface area contributed by atoms with E-state index in [0.717, 1.165) is 12.1 Å². The zero-order chi connectivity index (χ0) is 42.7. The van der Waals surface area contributed by atoms with Crippen LogP contribution in [0.25, 0.3) is 22.3 Å². The van der Waals surface area contributed by atoms with E-state index in [4.69, 9.17) is 0 Å². The number of fused-ring (bicyclic) bond motifs is 7. The van der Waals surface area contributed by atoms with Gasteiger partial charge in [-0.15, -0.1) is 0 Å². The normalized spacial score (nSPS) is 19.3. The predicted octanol–water partition coefficient (Wildman–Crippen LogP) is 13.8. The molecule has 0 saturated heterocycles. The minimum atomic E-state index is -0.110. The summed E-state index contributed by atoms with van der Waals surface area (Å²) in [6.07, 6.45) is 3.52. The maximum absolute atomic E-state index is 2.77. The molecule has 1 saturated carbocycles. The zero-order valence-corrected chi connectivity index (χ0v) is 36.9. The first-order valence-electron chi connectivity index (χ1n) is 22.8. The van der Waals surface area contributed by atoms with Gasteiger partial charge in [0.15, 0.2) is 0 Å². The average Bonchev–Trinajstić information content (AvgIpc) is 3.72. The highest BCUT2D eigenvalue weighted by molar-refractivity contribution is 7.00. The summed E-state index contributed by atoms with van der Waals surface area (Å²) >= 11 is 0. The summed E-state index contributed by atoms with van der Waals surface area (Å²) in [5.74, 6) is 0. The van der Waals surface area contributed by atoms with Gasteiger partial charge < -0.3 is 14.7 Å². The number of benzene rings is 8. The number of hydrogen-bond donors (Lipinski definition) is 0. The number of hydrogen-bond acceptors (Lipinski definition) is 3. The molecule has 0 bridgehead atoms. The molecule has 0 amide bonds. The number of para-hydroxylation sites is 2. The third kappa shape index (κ3) is 5.59. The summed E-state index contributed by atoms with van der Waals surface area (Å²) in [5, 5.41) is 0. The van der Waals surface area contributed by atoms with E-state index in [1.165, 1.54) is 102 Å². The summed E-state index contributed by atoms with van der Waals surface area (Å²) in [6.45, 7) is 12.2. The maximum Gasteiger partial charge on any atom is 0.252 e. The molecule has 3 nitrogen and oxygen atoms in total. The lowest BCUT2D eigenvalue weighted by Gasteiger charge is -2.47. The maximum atomic E-state index is 2.77. The molecule has 3 heterocycles. The highest BCUT2D eigenvalue weighted by Gasteiger charge is 2.60. The predicted molar refractivity (Wildman–Crippen MR) is 268 cm³/mol. The van der Waals surface area contributed by atoms with Crippen LogP contribution in [0.3, 0.4) is 0 Å². The van der Waals surface area contributed by atoms with E-state index in [2.05, 4.69) is 237 Å². The largest absolute Gasteiger partial charge is 0.334 e. The summed E-state index contributed by atoms with van der Waals surface area (Å²) in [4.78, 5) is 7.91. The van der Waals surface area contributed by atoms with Crippen LogP contribution in [0.2, 0.25) is 0 Å². The van der Waals surface area contributed by atoms with Crippen LogP contribution in [0.15, 0.2) is 188 Å². The quantitative estimate of drug-likeness (QED) is 0.160. The number of nitrogens with zero attached hydrogens (tertiary/aromatic N) is 3. The third-order valence-electron chi connectivity index (χ3n) is 15.3. The van der Waals surface area contributed by atoms with Gasteiger partial charge in [0.2, 0.25) is 0 Å². The summed E-state index contributed by atoms with van der Waals surface area (Å²) in [6, 6.07) is 70.8. The second kappa shape index (κ2) is 13.9. The molecule has 12 rings (SSSR count). The first-order chi connectivity index (χ1) is 30.6. The van der Waals surface area contributed by atoms with Crippen molar-refractivity contribution in [2.24, 2.45) is 0 Å². The van der Waals surface area contributed by atoms with Crippen molar-refractivity contribution in [1.82, 2.24) is 0 Å². The standard InChI is InChI=1S/C59H52BN3/c1-57(2,3)44-30-32-51-48(37-44)58(4)33-18-34-59(58,5)63(51)47-38-54-56-55(39-47)62(46-26-17-23-42(35-46)40-19-9-6-10-20-40)53-36-43(41-21-11-7-12-22-41)29-31-50(53)60(56)49-27-15-16-28-52(49)61(54)45-24-13-8-14-25-45/h6-17,19-32,35-39H,18,33-34H2,1-5H3. The van der Waals surface area contributed by atoms with Crippen molar-refractivity contribution in [2.45, 2.75) is 70.3 Å². The summed E-state index contributed by atoms with van der Waals surface area (Å²) in [7, 11) is 0. The van der Waals surface area contributed by atoms with Gasteiger partial charge in [0.25, 0.3) is 6.71 Å². The van der Waals surface area contributed by atoms with Crippen LogP contribution in [-0.4, -0.2) is 12.3 Å². The third-order valence-corrected chi connectivity index (χ3v) is 15.3. The fourth-order valence-corrected chi connectivity index (χ4v) is 11.9. The van der Waals surface area contributed by atoms with Crippen molar-refractivity contribution in [2.75, 3.05) is 14.7 Å². The average molecular weight is 814 g/mol. The second-order valence-electron chi connectivity index (χ2n) is 19.7. The van der Waals surface area contributed by atoms with Crippen LogP contribution in [0.5, 0.6) is 0 Å². The minimum absolute atomic E-state index is 0.00582. The van der Waals surface area contributed by atoms with Crippen LogP contribution in [-0.2, 0) is 10.8 Å². The van der Waals surface area contributed by atoms with Crippen molar-refractivity contribution in [1.29, 1.82) is 0 Å². The molecule has 8 aromatic carbocycles. The Morgan fingerprint density at radius 1 is 0.444 bits per heavy atom. The molecule has 63 heavy (non-hydrogen) atoms. The van der Waals surface area contributed by atoms with E-state index in [1.807, 2.05) is 0 Å². The molecule has 4 heteroatoms. The van der Waals surface area contributed by atoms with E-state index >= 15 is 0 Å². The molecule has 0 N–H and O–H groups in total. The van der Waals surface area contributed by atoms with Gasteiger partial charge in [-0.2, -0.15) is 0 Å². The molecule has 2 atom stereocenters. The Hall–Kier alpha value is -6.78. The second-order valence-corrected chi connectivity index (χ2v) is 19.7. The SMILES string of the molecule is CC(C)(C)c1ccc2c(c1)C1(C)CCCC1(C)N2c1cc2c3c(c1)N(c1cccc(-c4ccccc4)c1)c1cc(-c4ccccc4)ccc1B3c1ccccc1N2c1ccccc1. The van der Waals surface area contributed by atoms with Gasteiger partial charge in [-0.1, -0.05) is 168 Å². The molecule has 1 aliphatic carbocycles. The van der Waals surface area contributed by atoms with E-state index in [0.29, 0.717) is 0 Å². The van der Waals surface area contributed by atoms with Crippen molar-refractivity contribution in [3.05, 3.63) is 199 Å². The molecule has 0 spiro atoms. The molecule has 8 aromatic rings. The van der Waals surface area contributed by atoms with Gasteiger partial charge in [-0.3, -0.25) is 0 Å². The fraction of sp³-hybridized carbons (Fsp3) is 0.186. The van der Waals surface area contributed by atoms with Gasteiger partial charge in [0.05, 0.1) is 5.54 Å². The number of anilines is 8. The van der Waals surface area contributed by atoms with Crippen LogP contribution < -0.4 is 31.1 Å². The molecule has 3 aliphatic heterocycles. The Balaban J connectivity index is 1.18. The summed E-state index contributed by atoms with van der Waals surface area (Å²) < 4.78 is 0. The molecule has 306 valence electrons. The van der Waals surface area contributed by atoms with Crippen LogP contribution in [0.1, 0.15) is 65.0 Å². The molecule has 0 aromatic heterocycles. The highest BCUT2D eigenvalue weighted by Crippen LogP contribution is 2.63. The Bertz CT molecular complexity index is 3080. The topological polar surface area (TPSA) is 9.72 Å². The van der Waals surface area contributed by atoms with Crippen molar-refractivity contribution >= 4 is 68.6 Å². The smallest absolute Gasteiger partial charge is 0.252 e.